The normalized spacial score (nSPS) is 16.3. The van der Waals surface area contributed by atoms with Gasteiger partial charge in [0.15, 0.2) is 11.6 Å². The molecule has 6 heteroatoms. The first-order valence-electron chi connectivity index (χ1n) is 8.01. The van der Waals surface area contributed by atoms with Crippen LogP contribution in [0.3, 0.4) is 0 Å². The summed E-state index contributed by atoms with van der Waals surface area (Å²) in [6, 6.07) is 8.07. The number of ether oxygens (including phenoxy) is 1. The molecule has 0 atom stereocenters. The number of hydrogen-bond donors (Lipinski definition) is 0. The molecule has 0 amide bonds. The molecular weight excluding hydrogens is 312 g/mol. The lowest BCUT2D eigenvalue weighted by molar-refractivity contribution is 0.122. The van der Waals surface area contributed by atoms with Gasteiger partial charge in [0.25, 0.3) is 0 Å². The van der Waals surface area contributed by atoms with Crippen LogP contribution in [0.1, 0.15) is 11.1 Å². The number of nitrogens with zero attached hydrogens (tertiary/aromatic N) is 3. The van der Waals surface area contributed by atoms with E-state index < -0.39 is 11.6 Å². The zero-order chi connectivity index (χ0) is 16.9. The average Bonchev–Trinajstić information content (AvgIpc) is 2.60. The van der Waals surface area contributed by atoms with Crippen molar-refractivity contribution in [3.63, 3.8) is 0 Å². The molecule has 2 aromatic rings. The fraction of sp³-hybridized carbons (Fsp3) is 0.389. The zero-order valence-electron chi connectivity index (χ0n) is 13.7. The summed E-state index contributed by atoms with van der Waals surface area (Å²) < 4.78 is 31.4. The highest BCUT2D eigenvalue weighted by Crippen LogP contribution is 2.15. The first-order chi connectivity index (χ1) is 11.6. The summed E-state index contributed by atoms with van der Waals surface area (Å²) in [4.78, 5) is 8.75. The SMILES string of the molecule is COc1cc(CN2CCN(Cc3ccc(F)c(F)c3)CC2)ccn1. The van der Waals surface area contributed by atoms with Crippen LogP contribution in [0.15, 0.2) is 36.5 Å². The van der Waals surface area contributed by atoms with E-state index in [9.17, 15) is 8.78 Å². The third-order valence-electron chi connectivity index (χ3n) is 4.27. The third-order valence-corrected chi connectivity index (χ3v) is 4.27. The van der Waals surface area contributed by atoms with Crippen molar-refractivity contribution in [3.05, 3.63) is 59.3 Å². The molecular formula is C18H21F2N3O. The van der Waals surface area contributed by atoms with Crippen LogP contribution >= 0.6 is 0 Å². The summed E-state index contributed by atoms with van der Waals surface area (Å²) in [5, 5.41) is 0. The van der Waals surface area contributed by atoms with E-state index in [0.29, 0.717) is 12.4 Å². The van der Waals surface area contributed by atoms with Crippen molar-refractivity contribution in [2.75, 3.05) is 33.3 Å². The number of aromatic nitrogens is 1. The van der Waals surface area contributed by atoms with E-state index in [1.807, 2.05) is 12.1 Å². The van der Waals surface area contributed by atoms with Crippen molar-refractivity contribution >= 4 is 0 Å². The summed E-state index contributed by atoms with van der Waals surface area (Å²) in [5.74, 6) is -0.946. The highest BCUT2D eigenvalue weighted by Gasteiger charge is 2.17. The Morgan fingerprint density at radius 2 is 1.54 bits per heavy atom. The first kappa shape index (κ1) is 16.8. The van der Waals surface area contributed by atoms with Gasteiger partial charge in [-0.1, -0.05) is 6.07 Å². The van der Waals surface area contributed by atoms with Gasteiger partial charge < -0.3 is 4.74 Å². The van der Waals surface area contributed by atoms with Gasteiger partial charge >= 0.3 is 0 Å². The van der Waals surface area contributed by atoms with Gasteiger partial charge in [-0.2, -0.15) is 0 Å². The quantitative estimate of drug-likeness (QED) is 0.841. The lowest BCUT2D eigenvalue weighted by Crippen LogP contribution is -2.45. The van der Waals surface area contributed by atoms with Crippen molar-refractivity contribution < 1.29 is 13.5 Å². The molecule has 1 saturated heterocycles. The first-order valence-corrected chi connectivity index (χ1v) is 8.01. The van der Waals surface area contributed by atoms with Crippen molar-refractivity contribution in [2.45, 2.75) is 13.1 Å². The van der Waals surface area contributed by atoms with Gasteiger partial charge in [0, 0.05) is 51.5 Å². The Morgan fingerprint density at radius 3 is 2.12 bits per heavy atom. The number of halogens is 2. The average molecular weight is 333 g/mol. The van der Waals surface area contributed by atoms with Crippen LogP contribution in [0.2, 0.25) is 0 Å². The van der Waals surface area contributed by atoms with Crippen LogP contribution in [-0.2, 0) is 13.1 Å². The largest absolute Gasteiger partial charge is 0.481 e. The molecule has 0 unspecified atom stereocenters. The Balaban J connectivity index is 1.51. The maximum atomic E-state index is 13.3. The van der Waals surface area contributed by atoms with E-state index in [-0.39, 0.29) is 0 Å². The molecule has 1 aromatic carbocycles. The smallest absolute Gasteiger partial charge is 0.213 e. The minimum absolute atomic E-state index is 0.629. The number of benzene rings is 1. The van der Waals surface area contributed by atoms with E-state index in [1.54, 1.807) is 19.4 Å². The molecule has 1 aromatic heterocycles. The topological polar surface area (TPSA) is 28.6 Å². The lowest BCUT2D eigenvalue weighted by Gasteiger charge is -2.34. The molecule has 0 bridgehead atoms. The predicted molar refractivity (Wildman–Crippen MR) is 87.7 cm³/mol. The van der Waals surface area contributed by atoms with Crippen LogP contribution in [0.4, 0.5) is 8.78 Å². The summed E-state index contributed by atoms with van der Waals surface area (Å²) in [6.45, 7) is 5.19. The molecule has 4 nitrogen and oxygen atoms in total. The lowest BCUT2D eigenvalue weighted by atomic mass is 10.1. The van der Waals surface area contributed by atoms with Gasteiger partial charge in [-0.15, -0.1) is 0 Å². The molecule has 2 heterocycles. The van der Waals surface area contributed by atoms with Gasteiger partial charge in [0.1, 0.15) is 0 Å². The third kappa shape index (κ3) is 4.27. The number of hydrogen-bond acceptors (Lipinski definition) is 4. The Bertz CT molecular complexity index is 688. The fourth-order valence-electron chi connectivity index (χ4n) is 2.92. The molecule has 1 aliphatic rings. The van der Waals surface area contributed by atoms with Gasteiger partial charge in [-0.05, 0) is 29.3 Å². The number of methoxy groups -OCH3 is 1. The Hall–Kier alpha value is -2.05. The summed E-state index contributed by atoms with van der Waals surface area (Å²) in [5.41, 5.74) is 1.98. The van der Waals surface area contributed by atoms with Crippen LogP contribution < -0.4 is 4.74 Å². The highest BCUT2D eigenvalue weighted by atomic mass is 19.2. The molecule has 1 fully saturated rings. The highest BCUT2D eigenvalue weighted by molar-refractivity contribution is 5.20. The maximum Gasteiger partial charge on any atom is 0.213 e. The van der Waals surface area contributed by atoms with Crippen LogP contribution in [0.5, 0.6) is 5.88 Å². The van der Waals surface area contributed by atoms with E-state index in [0.717, 1.165) is 38.3 Å². The minimum Gasteiger partial charge on any atom is -0.481 e. The second-order valence-corrected chi connectivity index (χ2v) is 6.01. The van der Waals surface area contributed by atoms with Crippen molar-refractivity contribution in [3.8, 4) is 5.88 Å². The van der Waals surface area contributed by atoms with E-state index in [2.05, 4.69) is 14.8 Å². The monoisotopic (exact) mass is 333 g/mol. The zero-order valence-corrected chi connectivity index (χ0v) is 13.7. The van der Waals surface area contributed by atoms with Crippen molar-refractivity contribution in [1.82, 2.24) is 14.8 Å². The fourth-order valence-corrected chi connectivity index (χ4v) is 2.92. The van der Waals surface area contributed by atoms with Crippen molar-refractivity contribution in [2.24, 2.45) is 0 Å². The molecule has 0 saturated carbocycles. The van der Waals surface area contributed by atoms with Gasteiger partial charge in [0.05, 0.1) is 7.11 Å². The summed E-state index contributed by atoms with van der Waals surface area (Å²) in [6.07, 6.45) is 1.76. The Labute approximate surface area is 140 Å². The molecule has 3 rings (SSSR count). The molecule has 0 radical (unpaired) electrons. The predicted octanol–water partition coefficient (Wildman–Crippen LogP) is 2.69. The minimum atomic E-state index is -0.795. The van der Waals surface area contributed by atoms with E-state index in [4.69, 9.17) is 4.74 Å². The standard InChI is InChI=1S/C18H21F2N3O/c1-24-18-11-15(4-5-21-18)13-23-8-6-22(7-9-23)12-14-2-3-16(19)17(20)10-14/h2-5,10-11H,6-9,12-13H2,1H3. The number of rotatable bonds is 5. The van der Waals surface area contributed by atoms with Gasteiger partial charge in [-0.25, -0.2) is 13.8 Å². The number of pyridine rings is 1. The van der Waals surface area contributed by atoms with Crippen LogP contribution in [-0.4, -0.2) is 48.1 Å². The summed E-state index contributed by atoms with van der Waals surface area (Å²) in [7, 11) is 1.61. The second kappa shape index (κ2) is 7.68. The molecule has 0 spiro atoms. The molecule has 1 aliphatic heterocycles. The molecule has 0 aliphatic carbocycles. The maximum absolute atomic E-state index is 13.3. The Morgan fingerprint density at radius 1 is 0.917 bits per heavy atom. The Kier molecular flexibility index (Phi) is 5.37. The summed E-state index contributed by atoms with van der Waals surface area (Å²) >= 11 is 0. The molecule has 24 heavy (non-hydrogen) atoms. The van der Waals surface area contributed by atoms with Gasteiger partial charge in [0.2, 0.25) is 5.88 Å². The van der Waals surface area contributed by atoms with Crippen LogP contribution in [0.25, 0.3) is 0 Å². The van der Waals surface area contributed by atoms with E-state index in [1.165, 1.54) is 17.7 Å². The second-order valence-electron chi connectivity index (χ2n) is 6.01. The molecule has 0 N–H and O–H groups in total. The molecule has 128 valence electrons. The van der Waals surface area contributed by atoms with E-state index >= 15 is 0 Å². The van der Waals surface area contributed by atoms with Gasteiger partial charge in [-0.3, -0.25) is 9.80 Å². The van der Waals surface area contributed by atoms with Crippen molar-refractivity contribution in [1.29, 1.82) is 0 Å². The number of piperazine rings is 1. The van der Waals surface area contributed by atoms with Crippen LogP contribution in [0, 0.1) is 11.6 Å².